The molecular formula is C16H22FN3O3S. The summed E-state index contributed by atoms with van der Waals surface area (Å²) in [5.41, 5.74) is 0.516. The number of carbonyl (C=O) groups is 2. The lowest BCUT2D eigenvalue weighted by Crippen LogP contribution is -2.38. The SMILES string of the molecule is CC(SCC(=O)Nc1ccc(F)cc1)C(=O)NCC1CNCC1O. The van der Waals surface area contributed by atoms with E-state index in [1.54, 1.807) is 6.92 Å². The molecule has 0 aromatic heterocycles. The van der Waals surface area contributed by atoms with Crippen molar-refractivity contribution < 1.29 is 19.1 Å². The van der Waals surface area contributed by atoms with Gasteiger partial charge in [0.1, 0.15) is 5.82 Å². The van der Waals surface area contributed by atoms with Gasteiger partial charge >= 0.3 is 0 Å². The topological polar surface area (TPSA) is 90.5 Å². The van der Waals surface area contributed by atoms with Gasteiger partial charge in [-0.2, -0.15) is 0 Å². The number of benzene rings is 1. The van der Waals surface area contributed by atoms with Crippen LogP contribution in [0.25, 0.3) is 0 Å². The van der Waals surface area contributed by atoms with Crippen LogP contribution >= 0.6 is 11.8 Å². The number of halogens is 1. The third kappa shape index (κ3) is 5.77. The van der Waals surface area contributed by atoms with E-state index in [4.69, 9.17) is 0 Å². The zero-order valence-corrected chi connectivity index (χ0v) is 14.2. The van der Waals surface area contributed by atoms with E-state index in [9.17, 15) is 19.1 Å². The van der Waals surface area contributed by atoms with Gasteiger partial charge in [-0.05, 0) is 31.2 Å². The fourth-order valence-electron chi connectivity index (χ4n) is 2.31. The van der Waals surface area contributed by atoms with Crippen LogP contribution in [0.4, 0.5) is 10.1 Å². The molecule has 132 valence electrons. The van der Waals surface area contributed by atoms with E-state index < -0.39 is 6.10 Å². The number of carbonyl (C=O) groups excluding carboxylic acids is 2. The van der Waals surface area contributed by atoms with E-state index in [1.165, 1.54) is 36.0 Å². The molecule has 4 N–H and O–H groups in total. The van der Waals surface area contributed by atoms with E-state index in [2.05, 4.69) is 16.0 Å². The second kappa shape index (κ2) is 9.00. The molecule has 1 aromatic carbocycles. The smallest absolute Gasteiger partial charge is 0.234 e. The molecule has 0 radical (unpaired) electrons. The predicted octanol–water partition coefficient (Wildman–Crippen LogP) is 0.582. The number of aliphatic hydroxyl groups excluding tert-OH is 1. The highest BCUT2D eigenvalue weighted by atomic mass is 32.2. The average Bonchev–Trinajstić information content (AvgIpc) is 2.97. The summed E-state index contributed by atoms with van der Waals surface area (Å²) in [5, 5.41) is 17.8. The summed E-state index contributed by atoms with van der Waals surface area (Å²) in [7, 11) is 0. The minimum atomic E-state index is -0.435. The largest absolute Gasteiger partial charge is 0.391 e. The van der Waals surface area contributed by atoms with E-state index in [0.29, 0.717) is 25.3 Å². The van der Waals surface area contributed by atoms with Gasteiger partial charge in [-0.15, -0.1) is 11.8 Å². The zero-order valence-electron chi connectivity index (χ0n) is 13.4. The Morgan fingerprint density at radius 1 is 1.38 bits per heavy atom. The standard InChI is InChI=1S/C16H22FN3O3S/c1-10(16(23)19-7-11-6-18-8-14(11)21)24-9-15(22)20-13-4-2-12(17)3-5-13/h2-5,10-11,14,18,21H,6-9H2,1H3,(H,19,23)(H,20,22). The first-order valence-electron chi connectivity index (χ1n) is 7.79. The van der Waals surface area contributed by atoms with Crippen LogP contribution in [0, 0.1) is 11.7 Å². The van der Waals surface area contributed by atoms with Gasteiger partial charge < -0.3 is 21.1 Å². The lowest BCUT2D eigenvalue weighted by Gasteiger charge is -2.16. The van der Waals surface area contributed by atoms with Gasteiger partial charge in [-0.3, -0.25) is 9.59 Å². The summed E-state index contributed by atoms with van der Waals surface area (Å²) in [6.07, 6.45) is -0.435. The Morgan fingerprint density at radius 2 is 2.08 bits per heavy atom. The van der Waals surface area contributed by atoms with Gasteiger partial charge in [0.25, 0.3) is 0 Å². The monoisotopic (exact) mass is 355 g/mol. The maximum atomic E-state index is 12.8. The maximum absolute atomic E-state index is 12.8. The first-order chi connectivity index (χ1) is 11.5. The second-order valence-electron chi connectivity index (χ2n) is 5.74. The van der Waals surface area contributed by atoms with Crippen molar-refractivity contribution in [2.75, 3.05) is 30.7 Å². The Morgan fingerprint density at radius 3 is 2.71 bits per heavy atom. The van der Waals surface area contributed by atoms with Crippen LogP contribution in [-0.2, 0) is 9.59 Å². The normalized spacial score (nSPS) is 21.3. The van der Waals surface area contributed by atoms with E-state index in [0.717, 1.165) is 0 Å². The third-order valence-electron chi connectivity index (χ3n) is 3.80. The Balaban J connectivity index is 1.67. The number of thioether (sulfide) groups is 1. The number of hydrogen-bond donors (Lipinski definition) is 4. The molecule has 0 aliphatic carbocycles. The van der Waals surface area contributed by atoms with Crippen LogP contribution in [0.15, 0.2) is 24.3 Å². The number of nitrogens with one attached hydrogen (secondary N) is 3. The van der Waals surface area contributed by atoms with Crippen LogP contribution in [-0.4, -0.2) is 53.7 Å². The Hall–Kier alpha value is -1.64. The van der Waals surface area contributed by atoms with Crippen molar-refractivity contribution in [2.45, 2.75) is 18.3 Å². The Bertz CT molecular complexity index is 570. The molecule has 1 aliphatic rings. The minimum Gasteiger partial charge on any atom is -0.391 e. The molecule has 1 fully saturated rings. The fourth-order valence-corrected chi connectivity index (χ4v) is 3.02. The van der Waals surface area contributed by atoms with Gasteiger partial charge in [0.15, 0.2) is 0 Å². The van der Waals surface area contributed by atoms with Crippen molar-refractivity contribution in [2.24, 2.45) is 5.92 Å². The summed E-state index contributed by atoms with van der Waals surface area (Å²) in [5.74, 6) is -0.627. The summed E-state index contributed by atoms with van der Waals surface area (Å²) >= 11 is 1.22. The number of hydrogen-bond acceptors (Lipinski definition) is 5. The molecular weight excluding hydrogens is 333 g/mol. The molecule has 0 spiro atoms. The molecule has 8 heteroatoms. The number of rotatable bonds is 7. The van der Waals surface area contributed by atoms with Crippen LogP contribution < -0.4 is 16.0 Å². The molecule has 1 aromatic rings. The molecule has 24 heavy (non-hydrogen) atoms. The molecule has 1 heterocycles. The fraction of sp³-hybridized carbons (Fsp3) is 0.500. The summed E-state index contributed by atoms with van der Waals surface area (Å²) in [6.45, 7) is 3.38. The molecule has 1 aliphatic heterocycles. The summed E-state index contributed by atoms with van der Waals surface area (Å²) in [6, 6.07) is 5.50. The third-order valence-corrected chi connectivity index (χ3v) is 4.95. The van der Waals surface area contributed by atoms with Crippen molar-refractivity contribution in [1.82, 2.24) is 10.6 Å². The van der Waals surface area contributed by atoms with E-state index in [1.807, 2.05) is 0 Å². The number of amides is 2. The molecule has 3 atom stereocenters. The molecule has 1 saturated heterocycles. The van der Waals surface area contributed by atoms with Crippen LogP contribution in [0.1, 0.15) is 6.92 Å². The Labute approximate surface area is 144 Å². The Kier molecular flexibility index (Phi) is 7.01. The van der Waals surface area contributed by atoms with Gasteiger partial charge in [0.2, 0.25) is 11.8 Å². The van der Waals surface area contributed by atoms with Crippen molar-refractivity contribution in [3.63, 3.8) is 0 Å². The number of aliphatic hydroxyl groups is 1. The lowest BCUT2D eigenvalue weighted by atomic mass is 10.1. The maximum Gasteiger partial charge on any atom is 0.234 e. The van der Waals surface area contributed by atoms with Crippen LogP contribution in [0.5, 0.6) is 0 Å². The van der Waals surface area contributed by atoms with Crippen molar-refractivity contribution in [3.8, 4) is 0 Å². The number of β-amino-alcohol motifs (C(OH)–C–C–N with tert-alkyl or cyclic N) is 1. The highest BCUT2D eigenvalue weighted by molar-refractivity contribution is 8.01. The quantitative estimate of drug-likeness (QED) is 0.575. The molecule has 2 amide bonds. The minimum absolute atomic E-state index is 0.0212. The molecule has 0 saturated carbocycles. The number of anilines is 1. The highest BCUT2D eigenvalue weighted by Crippen LogP contribution is 2.14. The first kappa shape index (κ1) is 18.7. The van der Waals surface area contributed by atoms with E-state index >= 15 is 0 Å². The highest BCUT2D eigenvalue weighted by Gasteiger charge is 2.26. The van der Waals surface area contributed by atoms with Gasteiger partial charge in [0, 0.05) is 31.2 Å². The molecule has 6 nitrogen and oxygen atoms in total. The molecule has 0 bridgehead atoms. The van der Waals surface area contributed by atoms with Gasteiger partial charge in [-0.25, -0.2) is 4.39 Å². The molecule has 3 unspecified atom stereocenters. The van der Waals surface area contributed by atoms with Crippen LogP contribution in [0.2, 0.25) is 0 Å². The first-order valence-corrected chi connectivity index (χ1v) is 8.84. The predicted molar refractivity (Wildman–Crippen MR) is 92.3 cm³/mol. The average molecular weight is 355 g/mol. The van der Waals surface area contributed by atoms with Gasteiger partial charge in [0.05, 0.1) is 17.1 Å². The van der Waals surface area contributed by atoms with E-state index in [-0.39, 0.29) is 34.6 Å². The van der Waals surface area contributed by atoms with Crippen LogP contribution in [0.3, 0.4) is 0 Å². The summed E-state index contributed by atoms with van der Waals surface area (Å²) in [4.78, 5) is 23.8. The van der Waals surface area contributed by atoms with Crippen molar-refractivity contribution >= 4 is 29.3 Å². The summed E-state index contributed by atoms with van der Waals surface area (Å²) < 4.78 is 12.8. The zero-order chi connectivity index (χ0) is 17.5. The van der Waals surface area contributed by atoms with Gasteiger partial charge in [-0.1, -0.05) is 0 Å². The second-order valence-corrected chi connectivity index (χ2v) is 7.07. The lowest BCUT2D eigenvalue weighted by molar-refractivity contribution is -0.120. The van der Waals surface area contributed by atoms with Crippen molar-refractivity contribution in [3.05, 3.63) is 30.1 Å². The molecule has 2 rings (SSSR count). The van der Waals surface area contributed by atoms with Crippen molar-refractivity contribution in [1.29, 1.82) is 0 Å².